The number of amides is 2. The third kappa shape index (κ3) is 9.11. The first-order valence-electron chi connectivity index (χ1n) is 14.1. The van der Waals surface area contributed by atoms with E-state index in [1.54, 1.807) is 21.5 Å². The molecule has 1 aliphatic rings. The highest BCUT2D eigenvalue weighted by molar-refractivity contribution is 6.06. The minimum Gasteiger partial charge on any atom is -0.444 e. The molecule has 9 heteroatoms. The number of benzene rings is 1. The van der Waals surface area contributed by atoms with Gasteiger partial charge in [-0.1, -0.05) is 53.5 Å². The topological polar surface area (TPSA) is 109 Å². The maximum absolute atomic E-state index is 12.5. The second kappa shape index (κ2) is 14.1. The fraction of sp³-hybridized carbons (Fsp3) is 0.600. The Hall–Kier alpha value is -3.36. The second-order valence-electron chi connectivity index (χ2n) is 11.5. The first kappa shape index (κ1) is 31.9. The summed E-state index contributed by atoms with van der Waals surface area (Å²) in [5.41, 5.74) is 1.88. The van der Waals surface area contributed by atoms with Crippen LogP contribution < -0.4 is 10.9 Å². The molecule has 2 N–H and O–H groups in total. The summed E-state index contributed by atoms with van der Waals surface area (Å²) in [7, 11) is 0. The molecule has 2 amide bonds. The van der Waals surface area contributed by atoms with Gasteiger partial charge in [-0.15, -0.1) is 0 Å². The minimum absolute atomic E-state index is 0.0713. The van der Waals surface area contributed by atoms with Crippen molar-refractivity contribution >= 4 is 34.2 Å². The van der Waals surface area contributed by atoms with Gasteiger partial charge in [0.1, 0.15) is 11.2 Å². The van der Waals surface area contributed by atoms with Gasteiger partial charge in [0.2, 0.25) is 5.91 Å². The summed E-state index contributed by atoms with van der Waals surface area (Å²) < 4.78 is 7.23. The van der Waals surface area contributed by atoms with Crippen molar-refractivity contribution < 1.29 is 14.3 Å². The smallest absolute Gasteiger partial charge is 0.410 e. The molecule has 3 heterocycles. The van der Waals surface area contributed by atoms with Crippen LogP contribution in [0.5, 0.6) is 0 Å². The number of nitrogens with one attached hydrogen (secondary N) is 2. The van der Waals surface area contributed by atoms with Crippen LogP contribution in [-0.2, 0) is 9.53 Å². The molecule has 0 aliphatic carbocycles. The number of piperidine rings is 1. The Morgan fingerprint density at radius 2 is 1.74 bits per heavy atom. The van der Waals surface area contributed by atoms with Gasteiger partial charge in [-0.3, -0.25) is 9.59 Å². The highest BCUT2D eigenvalue weighted by Gasteiger charge is 2.29. The molecule has 3 aromatic rings. The Bertz CT molecular complexity index is 1290. The van der Waals surface area contributed by atoms with Crippen LogP contribution >= 0.6 is 0 Å². The fourth-order valence-corrected chi connectivity index (χ4v) is 4.06. The van der Waals surface area contributed by atoms with Crippen molar-refractivity contribution in [1.29, 1.82) is 0 Å². The van der Waals surface area contributed by atoms with Gasteiger partial charge in [0, 0.05) is 32.0 Å². The standard InChI is InChI=1S/C22H27N5O4.C5H12.C3H8/c1-13(28)23-15-6-5-7-16-19(15)20-24-18(29)12-17(27(20)25-16)14-8-10-26(11-9-14)21(30)31-22(2,3)4;1-4-5(2)3;1-3-2/h5-7,12,14H,8-11H2,1-4H3,(H,23,28)(H,24,29);5H,4H2,1-3H3;3H2,1-2H3. The van der Waals surface area contributed by atoms with Crippen LogP contribution in [0.2, 0.25) is 0 Å². The molecule has 2 aromatic heterocycles. The monoisotopic (exact) mass is 541 g/mol. The Morgan fingerprint density at radius 3 is 2.26 bits per heavy atom. The van der Waals surface area contributed by atoms with Gasteiger partial charge < -0.3 is 19.9 Å². The maximum Gasteiger partial charge on any atom is 0.410 e. The normalized spacial score (nSPS) is 13.9. The zero-order valence-electron chi connectivity index (χ0n) is 25.2. The number of fused-ring (bicyclic) bond motifs is 3. The summed E-state index contributed by atoms with van der Waals surface area (Å²) >= 11 is 0. The highest BCUT2D eigenvalue weighted by atomic mass is 16.6. The summed E-state index contributed by atoms with van der Waals surface area (Å²) in [4.78, 5) is 41.0. The van der Waals surface area contributed by atoms with E-state index in [0.717, 1.165) is 11.6 Å². The summed E-state index contributed by atoms with van der Waals surface area (Å²) in [6, 6.07) is 7.03. The lowest BCUT2D eigenvalue weighted by Crippen LogP contribution is -2.41. The van der Waals surface area contributed by atoms with Gasteiger partial charge in [-0.05, 0) is 51.7 Å². The molecule has 39 heavy (non-hydrogen) atoms. The van der Waals surface area contributed by atoms with Gasteiger partial charge in [0.25, 0.3) is 5.56 Å². The van der Waals surface area contributed by atoms with E-state index in [2.05, 4.69) is 44.9 Å². The molecule has 0 spiro atoms. The van der Waals surface area contributed by atoms with Crippen molar-refractivity contribution in [1.82, 2.24) is 19.5 Å². The molecule has 0 saturated carbocycles. The van der Waals surface area contributed by atoms with E-state index in [4.69, 9.17) is 9.84 Å². The molecule has 0 unspecified atom stereocenters. The molecular formula is C30H47N5O4. The Balaban J connectivity index is 0.000000590. The van der Waals surface area contributed by atoms with Crippen LogP contribution in [0.4, 0.5) is 10.5 Å². The van der Waals surface area contributed by atoms with E-state index in [1.165, 1.54) is 19.8 Å². The Morgan fingerprint density at radius 1 is 1.15 bits per heavy atom. The number of aromatic nitrogens is 3. The number of carbonyl (C=O) groups excluding carboxylic acids is 2. The lowest BCUT2D eigenvalue weighted by atomic mass is 9.93. The number of rotatable bonds is 3. The average molecular weight is 542 g/mol. The molecule has 0 radical (unpaired) electrons. The third-order valence-electron chi connectivity index (χ3n) is 6.16. The Labute approximate surface area is 232 Å². The first-order valence-corrected chi connectivity index (χ1v) is 14.1. The van der Waals surface area contributed by atoms with Crippen LogP contribution in [0, 0.1) is 5.92 Å². The van der Waals surface area contributed by atoms with Crippen molar-refractivity contribution in [2.24, 2.45) is 5.92 Å². The Kier molecular flexibility index (Phi) is 11.6. The van der Waals surface area contributed by atoms with Crippen LogP contribution in [0.3, 0.4) is 0 Å². The summed E-state index contributed by atoms with van der Waals surface area (Å²) in [5, 5.41) is 8.20. The van der Waals surface area contributed by atoms with Gasteiger partial charge >= 0.3 is 6.09 Å². The zero-order valence-corrected chi connectivity index (χ0v) is 25.2. The minimum atomic E-state index is -0.534. The highest BCUT2D eigenvalue weighted by Crippen LogP contribution is 2.32. The van der Waals surface area contributed by atoms with Crippen molar-refractivity contribution in [2.75, 3.05) is 18.4 Å². The average Bonchev–Trinajstić information content (AvgIpc) is 3.22. The summed E-state index contributed by atoms with van der Waals surface area (Å²) in [6.07, 6.45) is 3.64. The van der Waals surface area contributed by atoms with E-state index in [9.17, 15) is 14.4 Å². The number of ether oxygens (including phenoxy) is 1. The fourth-order valence-electron chi connectivity index (χ4n) is 4.06. The van der Waals surface area contributed by atoms with Crippen LogP contribution in [0.25, 0.3) is 16.6 Å². The van der Waals surface area contributed by atoms with Gasteiger partial charge in [-0.25, -0.2) is 9.31 Å². The van der Waals surface area contributed by atoms with Crippen molar-refractivity contribution in [2.45, 2.75) is 99.5 Å². The maximum atomic E-state index is 12.5. The molecular weight excluding hydrogens is 494 g/mol. The van der Waals surface area contributed by atoms with Crippen LogP contribution in [0.15, 0.2) is 29.1 Å². The number of nitrogens with zero attached hydrogens (tertiary/aromatic N) is 3. The lowest BCUT2D eigenvalue weighted by Gasteiger charge is -2.33. The van der Waals surface area contributed by atoms with E-state index in [0.29, 0.717) is 48.2 Å². The lowest BCUT2D eigenvalue weighted by molar-refractivity contribution is -0.114. The van der Waals surface area contributed by atoms with Gasteiger partial charge in [-0.2, -0.15) is 5.10 Å². The van der Waals surface area contributed by atoms with E-state index in [1.807, 2.05) is 32.9 Å². The molecule has 0 bridgehead atoms. The first-order chi connectivity index (χ1) is 18.3. The number of hydrogen-bond acceptors (Lipinski definition) is 5. The zero-order chi connectivity index (χ0) is 29.3. The van der Waals surface area contributed by atoms with E-state index < -0.39 is 5.60 Å². The molecule has 1 saturated heterocycles. The summed E-state index contributed by atoms with van der Waals surface area (Å²) in [6.45, 7) is 19.0. The summed E-state index contributed by atoms with van der Waals surface area (Å²) in [5.74, 6) is 0.761. The van der Waals surface area contributed by atoms with Gasteiger partial charge in [0.05, 0.1) is 22.3 Å². The largest absolute Gasteiger partial charge is 0.444 e. The molecule has 1 aromatic carbocycles. The molecule has 216 valence electrons. The predicted molar refractivity (Wildman–Crippen MR) is 158 cm³/mol. The third-order valence-corrected chi connectivity index (χ3v) is 6.16. The van der Waals surface area contributed by atoms with E-state index >= 15 is 0 Å². The van der Waals surface area contributed by atoms with Gasteiger partial charge in [0.15, 0.2) is 0 Å². The molecule has 4 rings (SSSR count). The van der Waals surface area contributed by atoms with Crippen molar-refractivity contribution in [3.63, 3.8) is 0 Å². The number of anilines is 1. The second-order valence-corrected chi connectivity index (χ2v) is 11.5. The van der Waals surface area contributed by atoms with Crippen LogP contribution in [0.1, 0.15) is 99.6 Å². The van der Waals surface area contributed by atoms with Crippen molar-refractivity contribution in [3.05, 3.63) is 40.3 Å². The van der Waals surface area contributed by atoms with E-state index in [-0.39, 0.29) is 23.5 Å². The number of likely N-dealkylation sites (tertiary alicyclic amines) is 1. The number of hydrogen-bond donors (Lipinski definition) is 2. The predicted octanol–water partition coefficient (Wildman–Crippen LogP) is 6.72. The molecule has 9 nitrogen and oxygen atoms in total. The number of H-pyrrole nitrogens is 1. The molecule has 1 aliphatic heterocycles. The number of carbonyl (C=O) groups is 2. The SMILES string of the molecule is CC(=O)Nc1cccc2nn3c(C4CCN(C(=O)OC(C)(C)C)CC4)cc(=O)[nH]c3c12.CCC.CCC(C)C. The molecule has 1 fully saturated rings. The van der Waals surface area contributed by atoms with Crippen molar-refractivity contribution in [3.8, 4) is 0 Å². The quantitative estimate of drug-likeness (QED) is 0.383. The molecule has 0 atom stereocenters. The number of aromatic amines is 1. The van der Waals surface area contributed by atoms with Crippen LogP contribution in [-0.4, -0.2) is 50.2 Å².